The first kappa shape index (κ1) is 17.3. The Kier molecular flexibility index (Phi) is 6.02. The lowest BCUT2D eigenvalue weighted by Gasteiger charge is -2.24. The first-order valence-electron chi connectivity index (χ1n) is 6.65. The van der Waals surface area contributed by atoms with Gasteiger partial charge in [0.05, 0.1) is 0 Å². The van der Waals surface area contributed by atoms with E-state index in [1.54, 1.807) is 11.8 Å². The Labute approximate surface area is 128 Å². The highest BCUT2D eigenvalue weighted by Crippen LogP contribution is 2.22. The van der Waals surface area contributed by atoms with E-state index in [1.807, 2.05) is 13.8 Å². The van der Waals surface area contributed by atoms with E-state index < -0.39 is 17.7 Å². The molecule has 21 heavy (non-hydrogen) atoms. The number of likely N-dealkylation sites (N-methyl/N-ethyl adjacent to an activating group) is 1. The van der Waals surface area contributed by atoms with Crippen LogP contribution in [0.1, 0.15) is 26.3 Å². The van der Waals surface area contributed by atoms with E-state index in [4.69, 9.17) is 5.73 Å². The van der Waals surface area contributed by atoms with Crippen LogP contribution < -0.4 is 11.1 Å². The molecule has 1 aromatic rings. The smallest absolute Gasteiger partial charge is 0.244 e. The molecule has 1 atom stereocenters. The van der Waals surface area contributed by atoms with Crippen LogP contribution in [0.3, 0.4) is 0 Å². The molecule has 0 bridgehead atoms. The number of carbonyl (C=O) groups excluding carboxylic acids is 1. The Hall–Kier alpha value is -1.76. The maximum Gasteiger partial charge on any atom is 0.244 e. The minimum atomic E-state index is -0.836. The molecule has 3 N–H and O–H groups in total. The van der Waals surface area contributed by atoms with Crippen molar-refractivity contribution in [2.45, 2.75) is 26.8 Å². The number of hydrogen-bond acceptors (Lipinski definition) is 3. The van der Waals surface area contributed by atoms with Gasteiger partial charge in [-0.3, -0.25) is 4.79 Å². The van der Waals surface area contributed by atoms with Crippen LogP contribution in [0.15, 0.2) is 12.1 Å². The monoisotopic (exact) mass is 315 g/mol. The molecule has 116 valence electrons. The number of rotatable bonds is 6. The summed E-state index contributed by atoms with van der Waals surface area (Å²) in [5.74, 6) is -1.90. The molecule has 0 radical (unpaired) electrons. The van der Waals surface area contributed by atoms with Crippen molar-refractivity contribution >= 4 is 28.8 Å². The fourth-order valence-corrected chi connectivity index (χ4v) is 2.06. The molecule has 0 heterocycles. The van der Waals surface area contributed by atoms with Crippen LogP contribution >= 0.6 is 12.2 Å². The molecule has 4 nitrogen and oxygen atoms in total. The van der Waals surface area contributed by atoms with Gasteiger partial charge in [-0.15, -0.1) is 0 Å². The third-order valence-electron chi connectivity index (χ3n) is 3.13. The molecule has 0 aromatic heterocycles. The average Bonchev–Trinajstić information content (AvgIpc) is 2.43. The normalized spacial score (nSPS) is 11.9. The number of thiocarbonyl (C=S) groups is 1. The van der Waals surface area contributed by atoms with Gasteiger partial charge in [0, 0.05) is 18.7 Å². The molecule has 0 aliphatic carbocycles. The van der Waals surface area contributed by atoms with Crippen molar-refractivity contribution in [2.75, 3.05) is 18.4 Å². The van der Waals surface area contributed by atoms with Crippen LogP contribution in [0, 0.1) is 11.6 Å². The molecule has 0 spiro atoms. The predicted octanol–water partition coefficient (Wildman–Crippen LogP) is 2.27. The Morgan fingerprint density at radius 3 is 2.19 bits per heavy atom. The SMILES string of the molecule is CCN(CC)C(=O)C(C)Nc1c(F)cc(C(N)=S)cc1F. The molecule has 0 saturated heterocycles. The second-order valence-corrected chi connectivity index (χ2v) is 5.00. The highest BCUT2D eigenvalue weighted by molar-refractivity contribution is 7.80. The number of anilines is 1. The lowest BCUT2D eigenvalue weighted by molar-refractivity contribution is -0.131. The van der Waals surface area contributed by atoms with Gasteiger partial charge in [-0.1, -0.05) is 12.2 Å². The summed E-state index contributed by atoms with van der Waals surface area (Å²) >= 11 is 4.68. The van der Waals surface area contributed by atoms with E-state index in [-0.39, 0.29) is 22.1 Å². The summed E-state index contributed by atoms with van der Waals surface area (Å²) in [7, 11) is 0. The summed E-state index contributed by atoms with van der Waals surface area (Å²) in [6.45, 7) is 6.30. The van der Waals surface area contributed by atoms with Crippen molar-refractivity contribution in [1.82, 2.24) is 4.90 Å². The van der Waals surface area contributed by atoms with Gasteiger partial charge in [0.25, 0.3) is 0 Å². The lowest BCUT2D eigenvalue weighted by Crippen LogP contribution is -2.41. The second kappa shape index (κ2) is 7.31. The van der Waals surface area contributed by atoms with Crippen molar-refractivity contribution in [3.8, 4) is 0 Å². The van der Waals surface area contributed by atoms with E-state index in [0.29, 0.717) is 13.1 Å². The number of amides is 1. The van der Waals surface area contributed by atoms with E-state index >= 15 is 0 Å². The van der Waals surface area contributed by atoms with Gasteiger partial charge >= 0.3 is 0 Å². The molecule has 0 aliphatic heterocycles. The third kappa shape index (κ3) is 4.10. The van der Waals surface area contributed by atoms with Crippen molar-refractivity contribution in [1.29, 1.82) is 0 Å². The molecular weight excluding hydrogens is 296 g/mol. The molecule has 1 unspecified atom stereocenters. The van der Waals surface area contributed by atoms with Gasteiger partial charge in [0.2, 0.25) is 5.91 Å². The highest BCUT2D eigenvalue weighted by atomic mass is 32.1. The number of halogens is 2. The second-order valence-electron chi connectivity index (χ2n) is 4.56. The van der Waals surface area contributed by atoms with Crippen LogP contribution in [0.25, 0.3) is 0 Å². The van der Waals surface area contributed by atoms with Crippen LogP contribution in [-0.2, 0) is 4.79 Å². The van der Waals surface area contributed by atoms with E-state index in [0.717, 1.165) is 12.1 Å². The number of nitrogens with zero attached hydrogens (tertiary/aromatic N) is 1. The number of carbonyl (C=O) groups is 1. The summed E-state index contributed by atoms with van der Waals surface area (Å²) in [4.78, 5) is 13.6. The minimum absolute atomic E-state index is 0.0911. The zero-order chi connectivity index (χ0) is 16.2. The third-order valence-corrected chi connectivity index (χ3v) is 3.37. The Morgan fingerprint density at radius 1 is 1.33 bits per heavy atom. The summed E-state index contributed by atoms with van der Waals surface area (Å²) in [5.41, 5.74) is 5.09. The zero-order valence-corrected chi connectivity index (χ0v) is 13.1. The average molecular weight is 315 g/mol. The number of nitrogens with one attached hydrogen (secondary N) is 1. The Balaban J connectivity index is 2.98. The van der Waals surface area contributed by atoms with Gasteiger partial charge < -0.3 is 16.0 Å². The largest absolute Gasteiger partial charge is 0.389 e. The predicted molar refractivity (Wildman–Crippen MR) is 83.3 cm³/mol. The summed E-state index contributed by atoms with van der Waals surface area (Å²) in [6.07, 6.45) is 0. The fourth-order valence-electron chi connectivity index (χ4n) is 1.94. The Bertz CT molecular complexity index is 524. The fraction of sp³-hybridized carbons (Fsp3) is 0.429. The highest BCUT2D eigenvalue weighted by Gasteiger charge is 2.21. The standard InChI is InChI=1S/C14H19F2N3OS/c1-4-19(5-2)14(20)8(3)18-12-10(15)6-9(13(17)21)7-11(12)16/h6-8,18H,4-5H2,1-3H3,(H2,17,21). The molecule has 1 amide bonds. The molecular formula is C14H19F2N3OS. The van der Waals surface area contributed by atoms with Gasteiger partial charge in [-0.05, 0) is 32.9 Å². The Morgan fingerprint density at radius 2 is 1.81 bits per heavy atom. The quantitative estimate of drug-likeness (QED) is 0.791. The molecule has 1 rings (SSSR count). The first-order chi connectivity index (χ1) is 9.81. The van der Waals surface area contributed by atoms with Crippen molar-refractivity contribution in [3.63, 3.8) is 0 Å². The molecule has 7 heteroatoms. The summed E-state index contributed by atoms with van der Waals surface area (Å²) in [5, 5.41) is 2.57. The van der Waals surface area contributed by atoms with Crippen LogP contribution in [0.5, 0.6) is 0 Å². The lowest BCUT2D eigenvalue weighted by atomic mass is 10.1. The zero-order valence-electron chi connectivity index (χ0n) is 12.2. The molecule has 0 aliphatic rings. The summed E-state index contributed by atoms with van der Waals surface area (Å²) < 4.78 is 27.8. The van der Waals surface area contributed by atoms with Gasteiger partial charge in [-0.25, -0.2) is 8.78 Å². The topological polar surface area (TPSA) is 58.4 Å². The summed E-state index contributed by atoms with van der Waals surface area (Å²) in [6, 6.07) is 1.34. The maximum absolute atomic E-state index is 13.9. The number of nitrogens with two attached hydrogens (primary N) is 1. The molecule has 1 aromatic carbocycles. The van der Waals surface area contributed by atoms with Crippen LogP contribution in [0.2, 0.25) is 0 Å². The van der Waals surface area contributed by atoms with Crippen LogP contribution in [0.4, 0.5) is 14.5 Å². The van der Waals surface area contributed by atoms with E-state index in [9.17, 15) is 13.6 Å². The van der Waals surface area contributed by atoms with E-state index in [1.165, 1.54) is 0 Å². The number of hydrogen-bond donors (Lipinski definition) is 2. The van der Waals surface area contributed by atoms with Crippen molar-refractivity contribution in [3.05, 3.63) is 29.3 Å². The maximum atomic E-state index is 13.9. The van der Waals surface area contributed by atoms with Crippen molar-refractivity contribution < 1.29 is 13.6 Å². The minimum Gasteiger partial charge on any atom is -0.389 e. The van der Waals surface area contributed by atoms with E-state index in [2.05, 4.69) is 17.5 Å². The number of benzene rings is 1. The van der Waals surface area contributed by atoms with Crippen molar-refractivity contribution in [2.24, 2.45) is 5.73 Å². The van der Waals surface area contributed by atoms with Crippen LogP contribution in [-0.4, -0.2) is 34.9 Å². The van der Waals surface area contributed by atoms with Gasteiger partial charge in [0.1, 0.15) is 28.4 Å². The first-order valence-corrected chi connectivity index (χ1v) is 7.06. The van der Waals surface area contributed by atoms with Gasteiger partial charge in [0.15, 0.2) is 0 Å². The molecule has 0 saturated carbocycles. The van der Waals surface area contributed by atoms with Gasteiger partial charge in [-0.2, -0.15) is 0 Å². The molecule has 0 fully saturated rings.